The van der Waals surface area contributed by atoms with Gasteiger partial charge in [0.1, 0.15) is 23.2 Å². The molecular weight excluding hydrogens is 310 g/mol. The van der Waals surface area contributed by atoms with Crippen molar-refractivity contribution in [3.05, 3.63) is 53.5 Å². The van der Waals surface area contributed by atoms with Gasteiger partial charge >= 0.3 is 5.97 Å². The van der Waals surface area contributed by atoms with Crippen LogP contribution < -0.4 is 10.6 Å². The zero-order valence-corrected chi connectivity index (χ0v) is 13.1. The Hall–Kier alpha value is -3.42. The number of hydrogen-bond donors (Lipinski definition) is 3. The fourth-order valence-electron chi connectivity index (χ4n) is 2.13. The summed E-state index contributed by atoms with van der Waals surface area (Å²) >= 11 is 0. The second-order valence-electron chi connectivity index (χ2n) is 5.14. The van der Waals surface area contributed by atoms with Crippen molar-refractivity contribution in [3.63, 3.8) is 0 Å². The highest BCUT2D eigenvalue weighted by Crippen LogP contribution is 2.21. The highest BCUT2D eigenvalue weighted by Gasteiger charge is 2.07. The van der Waals surface area contributed by atoms with Crippen LogP contribution in [-0.4, -0.2) is 26.2 Å². The molecular formula is C16H15N5O3. The molecule has 0 aliphatic heterocycles. The van der Waals surface area contributed by atoms with Crippen molar-refractivity contribution < 1.29 is 14.4 Å². The summed E-state index contributed by atoms with van der Waals surface area (Å²) in [5, 5.41) is 19.0. The SMILES string of the molecule is Cc1nc(Nc2cccc(C(=O)O)c2)cc(Nc2cc(C)on2)n1. The Kier molecular flexibility index (Phi) is 4.11. The van der Waals surface area contributed by atoms with Gasteiger partial charge in [0.2, 0.25) is 0 Å². The molecule has 3 aromatic rings. The van der Waals surface area contributed by atoms with Crippen LogP contribution in [0.4, 0.5) is 23.1 Å². The van der Waals surface area contributed by atoms with Crippen molar-refractivity contribution in [2.45, 2.75) is 13.8 Å². The van der Waals surface area contributed by atoms with Crippen LogP contribution in [0.25, 0.3) is 0 Å². The maximum Gasteiger partial charge on any atom is 0.335 e. The molecule has 0 bridgehead atoms. The Bertz CT molecular complexity index is 891. The molecule has 0 aliphatic carbocycles. The third kappa shape index (κ3) is 3.67. The minimum atomic E-state index is -0.985. The Labute approximate surface area is 137 Å². The number of anilines is 4. The molecule has 2 aromatic heterocycles. The highest BCUT2D eigenvalue weighted by molar-refractivity contribution is 5.89. The summed E-state index contributed by atoms with van der Waals surface area (Å²) in [5.74, 6) is 1.88. The van der Waals surface area contributed by atoms with E-state index in [1.807, 2.05) is 0 Å². The topological polar surface area (TPSA) is 113 Å². The van der Waals surface area contributed by atoms with Gasteiger partial charge in [-0.2, -0.15) is 0 Å². The van der Waals surface area contributed by atoms with Crippen molar-refractivity contribution in [2.24, 2.45) is 0 Å². The van der Waals surface area contributed by atoms with E-state index in [1.54, 1.807) is 38.1 Å². The quantitative estimate of drug-likeness (QED) is 0.655. The standard InChI is InChI=1S/C16H15N5O3/c1-9-6-15(21-24-9)20-14-8-13(17-10(2)18-14)19-12-5-3-4-11(7-12)16(22)23/h3-8H,1-2H3,(H,22,23)(H2,17,18,19,20,21). The Morgan fingerprint density at radius 2 is 1.79 bits per heavy atom. The molecule has 0 atom stereocenters. The van der Waals surface area contributed by atoms with E-state index in [0.29, 0.717) is 34.7 Å². The largest absolute Gasteiger partial charge is 0.478 e. The molecule has 0 fully saturated rings. The van der Waals surface area contributed by atoms with Gasteiger partial charge in [0, 0.05) is 17.8 Å². The molecule has 122 valence electrons. The number of nitrogens with one attached hydrogen (secondary N) is 2. The first-order valence-corrected chi connectivity index (χ1v) is 7.16. The second-order valence-corrected chi connectivity index (χ2v) is 5.14. The molecule has 8 nitrogen and oxygen atoms in total. The molecule has 0 saturated heterocycles. The van der Waals surface area contributed by atoms with Gasteiger partial charge in [0.05, 0.1) is 5.56 Å². The van der Waals surface area contributed by atoms with E-state index in [9.17, 15) is 4.79 Å². The molecule has 2 heterocycles. The first kappa shape index (κ1) is 15.5. The van der Waals surface area contributed by atoms with Crippen molar-refractivity contribution in [1.82, 2.24) is 15.1 Å². The van der Waals surface area contributed by atoms with Gasteiger partial charge in [-0.3, -0.25) is 0 Å². The van der Waals surface area contributed by atoms with Gasteiger partial charge in [-0.05, 0) is 32.0 Å². The Balaban J connectivity index is 1.83. The van der Waals surface area contributed by atoms with E-state index in [0.717, 1.165) is 0 Å². The van der Waals surface area contributed by atoms with Crippen molar-refractivity contribution in [1.29, 1.82) is 0 Å². The summed E-state index contributed by atoms with van der Waals surface area (Å²) in [6, 6.07) is 9.94. The van der Waals surface area contributed by atoms with Crippen LogP contribution in [0.3, 0.4) is 0 Å². The lowest BCUT2D eigenvalue weighted by Crippen LogP contribution is -2.02. The van der Waals surface area contributed by atoms with Gasteiger partial charge in [0.15, 0.2) is 5.82 Å². The number of hydrogen-bond acceptors (Lipinski definition) is 7. The average molecular weight is 325 g/mol. The van der Waals surface area contributed by atoms with Gasteiger partial charge in [0.25, 0.3) is 0 Å². The number of carboxylic acids is 1. The molecule has 0 unspecified atom stereocenters. The minimum Gasteiger partial charge on any atom is -0.478 e. The van der Waals surface area contributed by atoms with Crippen molar-refractivity contribution in [3.8, 4) is 0 Å². The molecule has 0 radical (unpaired) electrons. The van der Waals surface area contributed by atoms with Crippen LogP contribution in [-0.2, 0) is 0 Å². The summed E-state index contributed by atoms with van der Waals surface area (Å²) in [5.41, 5.74) is 0.818. The van der Waals surface area contributed by atoms with Gasteiger partial charge in [-0.25, -0.2) is 14.8 Å². The smallest absolute Gasteiger partial charge is 0.335 e. The normalized spacial score (nSPS) is 10.4. The lowest BCUT2D eigenvalue weighted by molar-refractivity contribution is 0.0697. The first-order valence-electron chi connectivity index (χ1n) is 7.16. The average Bonchev–Trinajstić information content (AvgIpc) is 2.92. The molecule has 0 saturated carbocycles. The summed E-state index contributed by atoms with van der Waals surface area (Å²) in [6.45, 7) is 3.56. The van der Waals surface area contributed by atoms with E-state index < -0.39 is 5.97 Å². The molecule has 1 aromatic carbocycles. The zero-order valence-electron chi connectivity index (χ0n) is 13.1. The number of rotatable bonds is 5. The van der Waals surface area contributed by atoms with Gasteiger partial charge in [-0.15, -0.1) is 0 Å². The molecule has 0 amide bonds. The monoisotopic (exact) mass is 325 g/mol. The third-order valence-electron chi connectivity index (χ3n) is 3.10. The third-order valence-corrected chi connectivity index (χ3v) is 3.10. The predicted molar refractivity (Wildman–Crippen MR) is 88.0 cm³/mol. The molecule has 3 N–H and O–H groups in total. The van der Waals surface area contributed by atoms with Crippen LogP contribution in [0.1, 0.15) is 21.9 Å². The lowest BCUT2D eigenvalue weighted by Gasteiger charge is -2.09. The molecule has 0 spiro atoms. The minimum absolute atomic E-state index is 0.196. The zero-order chi connectivity index (χ0) is 17.1. The van der Waals surface area contributed by atoms with Crippen molar-refractivity contribution in [2.75, 3.05) is 10.6 Å². The number of aromatic nitrogens is 3. The van der Waals surface area contributed by atoms with E-state index in [2.05, 4.69) is 25.8 Å². The maximum absolute atomic E-state index is 11.0. The first-order chi connectivity index (χ1) is 11.5. The van der Waals surface area contributed by atoms with Crippen LogP contribution in [0, 0.1) is 13.8 Å². The number of carbonyl (C=O) groups is 1. The van der Waals surface area contributed by atoms with Gasteiger partial charge in [-0.1, -0.05) is 11.2 Å². The summed E-state index contributed by atoms with van der Waals surface area (Å²) in [7, 11) is 0. The highest BCUT2D eigenvalue weighted by atomic mass is 16.5. The van der Waals surface area contributed by atoms with Gasteiger partial charge < -0.3 is 20.3 Å². The number of aryl methyl sites for hydroxylation is 2. The van der Waals surface area contributed by atoms with E-state index in [1.165, 1.54) is 12.1 Å². The molecule has 24 heavy (non-hydrogen) atoms. The molecule has 0 aliphatic rings. The maximum atomic E-state index is 11.0. The summed E-state index contributed by atoms with van der Waals surface area (Å²) < 4.78 is 5.00. The summed E-state index contributed by atoms with van der Waals surface area (Å²) in [6.07, 6.45) is 0. The Morgan fingerprint density at radius 1 is 1.04 bits per heavy atom. The number of aromatic carboxylic acids is 1. The number of carboxylic acid groups (broad SMARTS) is 1. The summed E-state index contributed by atoms with van der Waals surface area (Å²) in [4.78, 5) is 19.6. The van der Waals surface area contributed by atoms with Crippen molar-refractivity contribution >= 4 is 29.1 Å². The van der Waals surface area contributed by atoms with E-state index >= 15 is 0 Å². The number of benzene rings is 1. The van der Waals surface area contributed by atoms with Crippen LogP contribution in [0.5, 0.6) is 0 Å². The van der Waals surface area contributed by atoms with Crippen LogP contribution in [0.15, 0.2) is 40.9 Å². The van der Waals surface area contributed by atoms with Crippen LogP contribution >= 0.6 is 0 Å². The van der Waals surface area contributed by atoms with E-state index in [-0.39, 0.29) is 5.56 Å². The Morgan fingerprint density at radius 3 is 2.46 bits per heavy atom. The van der Waals surface area contributed by atoms with Crippen LogP contribution in [0.2, 0.25) is 0 Å². The molecule has 8 heteroatoms. The lowest BCUT2D eigenvalue weighted by atomic mass is 10.2. The van der Waals surface area contributed by atoms with E-state index in [4.69, 9.17) is 9.63 Å². The number of nitrogens with zero attached hydrogens (tertiary/aromatic N) is 3. The fourth-order valence-corrected chi connectivity index (χ4v) is 2.13. The second kappa shape index (κ2) is 6.37. The fraction of sp³-hybridized carbons (Fsp3) is 0.125. The predicted octanol–water partition coefficient (Wildman–Crippen LogP) is 3.27. The molecule has 3 rings (SSSR count).